The Hall–Kier alpha value is -0.570. The summed E-state index contributed by atoms with van der Waals surface area (Å²) >= 11 is 0. The number of rotatable bonds is 5. The van der Waals surface area contributed by atoms with Gasteiger partial charge in [0.05, 0.1) is 25.2 Å². The molecule has 0 spiro atoms. The number of epoxide rings is 1. The molecule has 0 aromatic heterocycles. The van der Waals surface area contributed by atoms with E-state index in [2.05, 4.69) is 6.92 Å². The molecule has 2 rings (SSSR count). The summed E-state index contributed by atoms with van der Waals surface area (Å²) in [4.78, 5) is 11.3. The van der Waals surface area contributed by atoms with E-state index >= 15 is 0 Å². The van der Waals surface area contributed by atoms with Gasteiger partial charge in [0, 0.05) is 5.92 Å². The third-order valence-corrected chi connectivity index (χ3v) is 2.72. The summed E-state index contributed by atoms with van der Waals surface area (Å²) in [6.45, 7) is 3.53. The number of hydrogen-bond donors (Lipinski definition) is 0. The second kappa shape index (κ2) is 3.66. The molecule has 0 N–H and O–H groups in total. The molecule has 1 heterocycles. The lowest BCUT2D eigenvalue weighted by molar-refractivity contribution is -0.145. The Morgan fingerprint density at radius 3 is 3.00 bits per heavy atom. The zero-order chi connectivity index (χ0) is 9.26. The first kappa shape index (κ1) is 9.00. The third kappa shape index (κ3) is 2.21. The highest BCUT2D eigenvalue weighted by Crippen LogP contribution is 2.47. The summed E-state index contributed by atoms with van der Waals surface area (Å²) in [6, 6.07) is 0. The highest BCUT2D eigenvalue weighted by molar-refractivity contribution is 5.75. The van der Waals surface area contributed by atoms with E-state index in [9.17, 15) is 4.79 Å². The van der Waals surface area contributed by atoms with Crippen molar-refractivity contribution in [3.05, 3.63) is 0 Å². The van der Waals surface area contributed by atoms with Gasteiger partial charge in [-0.15, -0.1) is 0 Å². The molecule has 3 nitrogen and oxygen atoms in total. The maximum atomic E-state index is 11.3. The molecule has 2 fully saturated rings. The second-order valence-corrected chi connectivity index (χ2v) is 3.90. The summed E-state index contributed by atoms with van der Waals surface area (Å²) in [5.74, 6) is 0.632. The zero-order valence-electron chi connectivity index (χ0n) is 7.99. The van der Waals surface area contributed by atoms with Crippen LogP contribution in [0.1, 0.15) is 26.2 Å². The van der Waals surface area contributed by atoms with Gasteiger partial charge in [0.1, 0.15) is 0 Å². The normalized spacial score (nSPS) is 35.6. The average molecular weight is 184 g/mol. The first-order valence-corrected chi connectivity index (χ1v) is 5.11. The number of carbonyl (C=O) groups excluding carboxylic acids is 1. The van der Waals surface area contributed by atoms with Gasteiger partial charge in [-0.3, -0.25) is 4.79 Å². The molecule has 0 unspecified atom stereocenters. The van der Waals surface area contributed by atoms with Crippen LogP contribution in [0, 0.1) is 11.8 Å². The number of esters is 1. The van der Waals surface area contributed by atoms with Crippen LogP contribution in [0.5, 0.6) is 0 Å². The van der Waals surface area contributed by atoms with Crippen molar-refractivity contribution >= 4 is 5.97 Å². The van der Waals surface area contributed by atoms with Crippen molar-refractivity contribution < 1.29 is 14.3 Å². The van der Waals surface area contributed by atoms with Crippen LogP contribution >= 0.6 is 0 Å². The molecule has 1 aliphatic carbocycles. The van der Waals surface area contributed by atoms with Gasteiger partial charge in [0.25, 0.3) is 0 Å². The van der Waals surface area contributed by atoms with Gasteiger partial charge in [-0.1, -0.05) is 13.3 Å². The summed E-state index contributed by atoms with van der Waals surface area (Å²) in [7, 11) is 0. The molecule has 0 aromatic carbocycles. The van der Waals surface area contributed by atoms with Crippen LogP contribution in [0.4, 0.5) is 0 Å². The summed E-state index contributed by atoms with van der Waals surface area (Å²) in [5.41, 5.74) is 0. The van der Waals surface area contributed by atoms with E-state index in [1.807, 2.05) is 0 Å². The van der Waals surface area contributed by atoms with Crippen LogP contribution in [0.15, 0.2) is 0 Å². The van der Waals surface area contributed by atoms with Gasteiger partial charge < -0.3 is 9.47 Å². The van der Waals surface area contributed by atoms with Gasteiger partial charge >= 0.3 is 5.97 Å². The molecule has 0 bridgehead atoms. The topological polar surface area (TPSA) is 38.8 Å². The molecule has 13 heavy (non-hydrogen) atoms. The lowest BCUT2D eigenvalue weighted by Crippen LogP contribution is -2.10. The van der Waals surface area contributed by atoms with Crippen molar-refractivity contribution in [3.8, 4) is 0 Å². The SMILES string of the molecule is CCCCOC(=O)[C@H]1C[C@@H]1[C@H]1CO1. The first-order valence-electron chi connectivity index (χ1n) is 5.11. The fourth-order valence-corrected chi connectivity index (χ4v) is 1.62. The van der Waals surface area contributed by atoms with Crippen LogP contribution in [-0.4, -0.2) is 25.3 Å². The van der Waals surface area contributed by atoms with E-state index in [1.54, 1.807) is 0 Å². The Labute approximate surface area is 78.4 Å². The van der Waals surface area contributed by atoms with Crippen LogP contribution < -0.4 is 0 Å². The zero-order valence-corrected chi connectivity index (χ0v) is 7.99. The quantitative estimate of drug-likeness (QED) is 0.368. The van der Waals surface area contributed by atoms with Crippen molar-refractivity contribution in [1.82, 2.24) is 0 Å². The lowest BCUT2D eigenvalue weighted by Gasteiger charge is -2.01. The Balaban J connectivity index is 1.61. The summed E-state index contributed by atoms with van der Waals surface area (Å²) in [5, 5.41) is 0. The molecule has 1 saturated carbocycles. The van der Waals surface area contributed by atoms with Crippen LogP contribution in [0.2, 0.25) is 0 Å². The fraction of sp³-hybridized carbons (Fsp3) is 0.900. The minimum atomic E-state index is -0.00560. The molecule has 2 aliphatic rings. The smallest absolute Gasteiger partial charge is 0.309 e. The highest BCUT2D eigenvalue weighted by Gasteiger charge is 2.53. The van der Waals surface area contributed by atoms with Gasteiger partial charge in [-0.05, 0) is 12.8 Å². The van der Waals surface area contributed by atoms with Gasteiger partial charge in [-0.25, -0.2) is 0 Å². The maximum Gasteiger partial charge on any atom is 0.309 e. The van der Waals surface area contributed by atoms with E-state index in [1.165, 1.54) is 0 Å². The highest BCUT2D eigenvalue weighted by atomic mass is 16.6. The second-order valence-electron chi connectivity index (χ2n) is 3.90. The van der Waals surface area contributed by atoms with E-state index < -0.39 is 0 Å². The number of carbonyl (C=O) groups is 1. The van der Waals surface area contributed by atoms with E-state index in [0.29, 0.717) is 18.6 Å². The average Bonchev–Trinajstić information content (AvgIpc) is 2.96. The number of ether oxygens (including phenoxy) is 2. The van der Waals surface area contributed by atoms with Gasteiger partial charge in [0.2, 0.25) is 0 Å². The Morgan fingerprint density at radius 1 is 1.62 bits per heavy atom. The predicted octanol–water partition coefficient (Wildman–Crippen LogP) is 1.36. The van der Waals surface area contributed by atoms with Crippen LogP contribution in [0.3, 0.4) is 0 Å². The molecule has 0 radical (unpaired) electrons. The summed E-state index contributed by atoms with van der Waals surface area (Å²) < 4.78 is 10.3. The molecule has 1 aliphatic heterocycles. The molecule has 0 aromatic rings. The largest absolute Gasteiger partial charge is 0.465 e. The molecule has 0 amide bonds. The Morgan fingerprint density at radius 2 is 2.38 bits per heavy atom. The Kier molecular flexibility index (Phi) is 2.54. The standard InChI is InChI=1S/C10H16O3/c1-2-3-4-12-10(11)8-5-7(8)9-6-13-9/h7-9H,2-6H2,1H3/t7-,8-,9+/m0/s1. The lowest BCUT2D eigenvalue weighted by atomic mass is 10.2. The van der Waals surface area contributed by atoms with E-state index in [-0.39, 0.29) is 11.9 Å². The molecule has 74 valence electrons. The van der Waals surface area contributed by atoms with E-state index in [0.717, 1.165) is 25.9 Å². The Bertz CT molecular complexity index is 198. The maximum absolute atomic E-state index is 11.3. The number of hydrogen-bond acceptors (Lipinski definition) is 3. The van der Waals surface area contributed by atoms with Crippen molar-refractivity contribution in [2.24, 2.45) is 11.8 Å². The number of unbranched alkanes of at least 4 members (excludes halogenated alkanes) is 1. The van der Waals surface area contributed by atoms with E-state index in [4.69, 9.17) is 9.47 Å². The molecule has 3 atom stereocenters. The minimum absolute atomic E-state index is 0.00560. The van der Waals surface area contributed by atoms with Gasteiger partial charge in [-0.2, -0.15) is 0 Å². The van der Waals surface area contributed by atoms with Crippen molar-refractivity contribution in [2.75, 3.05) is 13.2 Å². The predicted molar refractivity (Wildman–Crippen MR) is 47.2 cm³/mol. The van der Waals surface area contributed by atoms with Crippen molar-refractivity contribution in [2.45, 2.75) is 32.3 Å². The first-order chi connectivity index (χ1) is 6.33. The molecule has 3 heteroatoms. The fourth-order valence-electron chi connectivity index (χ4n) is 1.62. The molecule has 1 saturated heterocycles. The molecular weight excluding hydrogens is 168 g/mol. The molecular formula is C10H16O3. The minimum Gasteiger partial charge on any atom is -0.465 e. The van der Waals surface area contributed by atoms with Crippen molar-refractivity contribution in [1.29, 1.82) is 0 Å². The van der Waals surface area contributed by atoms with Crippen LogP contribution in [0.25, 0.3) is 0 Å². The van der Waals surface area contributed by atoms with Gasteiger partial charge in [0.15, 0.2) is 0 Å². The van der Waals surface area contributed by atoms with Crippen LogP contribution in [-0.2, 0) is 14.3 Å². The van der Waals surface area contributed by atoms with Crippen molar-refractivity contribution in [3.63, 3.8) is 0 Å². The monoisotopic (exact) mass is 184 g/mol. The summed E-state index contributed by atoms with van der Waals surface area (Å²) in [6.07, 6.45) is 3.41. The third-order valence-electron chi connectivity index (χ3n) is 2.72.